The standard InChI is InChI=1S/C22H25NO/c1-4-7-22(21-13-12-20(24-3)16-17(21)2)18-8-10-19(11-9-18)23-14-5-6-15-23/h4,7-13,16H,1,5-6,14-15H2,2-3H3. The molecule has 0 bridgehead atoms. The van der Waals surface area contributed by atoms with Crippen LogP contribution in [0, 0.1) is 6.92 Å². The van der Waals surface area contributed by atoms with Crippen LogP contribution in [0.2, 0.25) is 0 Å². The Kier molecular flexibility index (Phi) is 5.05. The monoisotopic (exact) mass is 319 g/mol. The third-order valence-electron chi connectivity index (χ3n) is 4.66. The summed E-state index contributed by atoms with van der Waals surface area (Å²) in [6.07, 6.45) is 6.54. The molecule has 2 aromatic carbocycles. The molecule has 0 saturated carbocycles. The van der Waals surface area contributed by atoms with Crippen LogP contribution in [-0.2, 0) is 0 Å². The van der Waals surface area contributed by atoms with Crippen molar-refractivity contribution in [1.82, 2.24) is 0 Å². The number of allylic oxidation sites excluding steroid dienone is 2. The first-order valence-corrected chi connectivity index (χ1v) is 8.56. The maximum atomic E-state index is 5.32. The molecule has 0 atom stereocenters. The van der Waals surface area contributed by atoms with Crippen molar-refractivity contribution in [3.05, 3.63) is 77.9 Å². The van der Waals surface area contributed by atoms with Gasteiger partial charge in [-0.2, -0.15) is 0 Å². The predicted molar refractivity (Wildman–Crippen MR) is 103 cm³/mol. The number of rotatable bonds is 5. The van der Waals surface area contributed by atoms with Gasteiger partial charge in [0.25, 0.3) is 0 Å². The van der Waals surface area contributed by atoms with Crippen LogP contribution >= 0.6 is 0 Å². The van der Waals surface area contributed by atoms with E-state index in [4.69, 9.17) is 4.74 Å². The number of methoxy groups -OCH3 is 1. The number of ether oxygens (including phenoxy) is 1. The molecule has 1 fully saturated rings. The van der Waals surface area contributed by atoms with Gasteiger partial charge in [-0.1, -0.05) is 36.9 Å². The lowest BCUT2D eigenvalue weighted by Gasteiger charge is -2.18. The van der Waals surface area contributed by atoms with Crippen LogP contribution in [0.1, 0.15) is 29.5 Å². The van der Waals surface area contributed by atoms with E-state index in [-0.39, 0.29) is 0 Å². The van der Waals surface area contributed by atoms with E-state index < -0.39 is 0 Å². The topological polar surface area (TPSA) is 12.5 Å². The lowest BCUT2D eigenvalue weighted by Crippen LogP contribution is -2.17. The molecular formula is C22H25NO. The van der Waals surface area contributed by atoms with E-state index in [1.807, 2.05) is 12.1 Å². The molecule has 2 aromatic rings. The Labute approximate surface area is 145 Å². The Morgan fingerprint density at radius 2 is 1.79 bits per heavy atom. The normalized spacial score (nSPS) is 14.8. The number of hydrogen-bond acceptors (Lipinski definition) is 2. The summed E-state index contributed by atoms with van der Waals surface area (Å²) >= 11 is 0. The van der Waals surface area contributed by atoms with Crippen molar-refractivity contribution < 1.29 is 4.74 Å². The van der Waals surface area contributed by atoms with Crippen LogP contribution in [0.4, 0.5) is 5.69 Å². The number of hydrogen-bond donors (Lipinski definition) is 0. The van der Waals surface area contributed by atoms with Gasteiger partial charge in [0.1, 0.15) is 5.75 Å². The number of aryl methyl sites for hydroxylation is 1. The fourth-order valence-corrected chi connectivity index (χ4v) is 3.35. The van der Waals surface area contributed by atoms with E-state index in [0.717, 1.165) is 5.75 Å². The first-order valence-electron chi connectivity index (χ1n) is 8.56. The molecule has 1 saturated heterocycles. The molecule has 3 rings (SSSR count). The largest absolute Gasteiger partial charge is 0.497 e. The fraction of sp³-hybridized carbons (Fsp3) is 0.273. The minimum Gasteiger partial charge on any atom is -0.497 e. The maximum Gasteiger partial charge on any atom is 0.119 e. The molecule has 0 aromatic heterocycles. The zero-order chi connectivity index (χ0) is 16.9. The van der Waals surface area contributed by atoms with Crippen LogP contribution in [0.25, 0.3) is 5.57 Å². The summed E-state index contributed by atoms with van der Waals surface area (Å²) in [5.41, 5.74) is 6.14. The van der Waals surface area contributed by atoms with Crippen molar-refractivity contribution in [1.29, 1.82) is 0 Å². The minimum absolute atomic E-state index is 0.888. The zero-order valence-electron chi connectivity index (χ0n) is 14.6. The molecule has 24 heavy (non-hydrogen) atoms. The van der Waals surface area contributed by atoms with Crippen molar-refractivity contribution in [3.8, 4) is 5.75 Å². The van der Waals surface area contributed by atoms with Gasteiger partial charge in [-0.15, -0.1) is 0 Å². The zero-order valence-corrected chi connectivity index (χ0v) is 14.6. The predicted octanol–water partition coefficient (Wildman–Crippen LogP) is 5.22. The molecule has 0 N–H and O–H groups in total. The third kappa shape index (κ3) is 3.38. The van der Waals surface area contributed by atoms with E-state index in [1.165, 1.54) is 53.9 Å². The lowest BCUT2D eigenvalue weighted by molar-refractivity contribution is 0.414. The number of benzene rings is 2. The van der Waals surface area contributed by atoms with E-state index in [9.17, 15) is 0 Å². The van der Waals surface area contributed by atoms with Crippen molar-refractivity contribution in [2.24, 2.45) is 0 Å². The molecule has 0 aliphatic carbocycles. The van der Waals surface area contributed by atoms with E-state index in [0.29, 0.717) is 0 Å². The highest BCUT2D eigenvalue weighted by Gasteiger charge is 2.13. The van der Waals surface area contributed by atoms with E-state index >= 15 is 0 Å². The van der Waals surface area contributed by atoms with Crippen LogP contribution < -0.4 is 9.64 Å². The second-order valence-corrected chi connectivity index (χ2v) is 6.24. The van der Waals surface area contributed by atoms with E-state index in [2.05, 4.69) is 60.9 Å². The minimum atomic E-state index is 0.888. The number of anilines is 1. The fourth-order valence-electron chi connectivity index (χ4n) is 3.35. The summed E-state index contributed by atoms with van der Waals surface area (Å²) in [6, 6.07) is 15.1. The van der Waals surface area contributed by atoms with Gasteiger partial charge in [0.15, 0.2) is 0 Å². The van der Waals surface area contributed by atoms with Crippen LogP contribution in [-0.4, -0.2) is 20.2 Å². The van der Waals surface area contributed by atoms with Crippen LogP contribution in [0.15, 0.2) is 61.2 Å². The van der Waals surface area contributed by atoms with Crippen LogP contribution in [0.3, 0.4) is 0 Å². The van der Waals surface area contributed by atoms with Gasteiger partial charge < -0.3 is 9.64 Å². The Hall–Kier alpha value is -2.48. The summed E-state index contributed by atoms with van der Waals surface area (Å²) in [7, 11) is 1.70. The van der Waals surface area contributed by atoms with Gasteiger partial charge in [-0.3, -0.25) is 0 Å². The van der Waals surface area contributed by atoms with Crippen molar-refractivity contribution in [3.63, 3.8) is 0 Å². The average Bonchev–Trinajstić information content (AvgIpc) is 3.15. The van der Waals surface area contributed by atoms with Gasteiger partial charge >= 0.3 is 0 Å². The van der Waals surface area contributed by atoms with Gasteiger partial charge in [-0.25, -0.2) is 0 Å². The van der Waals surface area contributed by atoms with Gasteiger partial charge in [-0.05, 0) is 66.3 Å². The van der Waals surface area contributed by atoms with E-state index in [1.54, 1.807) is 7.11 Å². The first kappa shape index (κ1) is 16.4. The Morgan fingerprint density at radius 3 is 2.38 bits per heavy atom. The Bertz CT molecular complexity index is 737. The summed E-state index contributed by atoms with van der Waals surface area (Å²) in [6.45, 7) is 8.35. The molecule has 1 aliphatic heterocycles. The highest BCUT2D eigenvalue weighted by Crippen LogP contribution is 2.30. The van der Waals surface area contributed by atoms with Crippen LogP contribution in [0.5, 0.6) is 5.75 Å². The Morgan fingerprint density at radius 1 is 1.08 bits per heavy atom. The summed E-state index contributed by atoms with van der Waals surface area (Å²) in [5.74, 6) is 0.888. The third-order valence-corrected chi connectivity index (χ3v) is 4.66. The molecule has 0 spiro atoms. The molecule has 124 valence electrons. The van der Waals surface area contributed by atoms with Gasteiger partial charge in [0, 0.05) is 18.8 Å². The number of nitrogens with zero attached hydrogens (tertiary/aromatic N) is 1. The highest BCUT2D eigenvalue weighted by molar-refractivity contribution is 5.83. The highest BCUT2D eigenvalue weighted by atomic mass is 16.5. The molecule has 2 heteroatoms. The molecule has 1 aliphatic rings. The van der Waals surface area contributed by atoms with Crippen molar-refractivity contribution in [2.45, 2.75) is 19.8 Å². The van der Waals surface area contributed by atoms with Crippen molar-refractivity contribution in [2.75, 3.05) is 25.1 Å². The van der Waals surface area contributed by atoms with Gasteiger partial charge in [0.05, 0.1) is 7.11 Å². The molecular weight excluding hydrogens is 294 g/mol. The Balaban J connectivity index is 1.94. The summed E-state index contributed by atoms with van der Waals surface area (Å²) in [4.78, 5) is 2.46. The quantitative estimate of drug-likeness (QED) is 0.700. The molecule has 0 unspecified atom stereocenters. The molecule has 0 amide bonds. The first-order chi connectivity index (χ1) is 11.7. The maximum absolute atomic E-state index is 5.32. The second-order valence-electron chi connectivity index (χ2n) is 6.24. The smallest absolute Gasteiger partial charge is 0.119 e. The molecule has 2 nitrogen and oxygen atoms in total. The summed E-state index contributed by atoms with van der Waals surface area (Å²) in [5, 5.41) is 0. The second kappa shape index (κ2) is 7.39. The van der Waals surface area contributed by atoms with Gasteiger partial charge in [0.2, 0.25) is 0 Å². The SMILES string of the molecule is C=CC=C(c1ccc(N2CCCC2)cc1)c1ccc(OC)cc1C. The summed E-state index contributed by atoms with van der Waals surface area (Å²) < 4.78 is 5.32. The molecule has 1 heterocycles. The average molecular weight is 319 g/mol. The molecule has 0 radical (unpaired) electrons. The lowest BCUT2D eigenvalue weighted by atomic mass is 9.93. The van der Waals surface area contributed by atoms with Crippen molar-refractivity contribution >= 4 is 11.3 Å².